The Kier molecular flexibility index (Phi) is 3.71. The summed E-state index contributed by atoms with van der Waals surface area (Å²) in [5, 5.41) is 2.65. The lowest BCUT2D eigenvalue weighted by atomic mass is 10.2. The van der Waals surface area contributed by atoms with Gasteiger partial charge in [0, 0.05) is 13.0 Å². The number of nitrogens with one attached hydrogen (secondary N) is 1. The minimum Gasteiger partial charge on any atom is -0.488 e. The fraction of sp³-hybridized carbons (Fsp3) is 0.385. The van der Waals surface area contributed by atoms with Gasteiger partial charge in [-0.1, -0.05) is 0 Å². The normalized spacial score (nSPS) is 20.5. The van der Waals surface area contributed by atoms with Crippen molar-refractivity contribution in [2.75, 3.05) is 18.5 Å². The quantitative estimate of drug-likeness (QED) is 0.620. The van der Waals surface area contributed by atoms with E-state index in [-0.39, 0.29) is 11.5 Å². The lowest BCUT2D eigenvalue weighted by Gasteiger charge is -2.14. The second-order valence-electron chi connectivity index (χ2n) is 4.58. The highest BCUT2D eigenvalue weighted by Crippen LogP contribution is 2.32. The molecule has 6 heteroatoms. The fourth-order valence-corrected chi connectivity index (χ4v) is 1.48. The number of ether oxygens (including phenoxy) is 3. The maximum atomic E-state index is 11.1. The minimum absolute atomic E-state index is 0.206. The molecular weight excluding hydrogens is 250 g/mol. The van der Waals surface area contributed by atoms with Crippen LogP contribution in [0.5, 0.6) is 11.5 Å². The van der Waals surface area contributed by atoms with Crippen molar-refractivity contribution < 1.29 is 23.8 Å². The Morgan fingerprint density at radius 2 is 2.32 bits per heavy atom. The number of hydrogen-bond donors (Lipinski definition) is 1. The zero-order valence-electron chi connectivity index (χ0n) is 10.8. The molecule has 0 spiro atoms. The molecule has 6 nitrogen and oxygen atoms in total. The van der Waals surface area contributed by atoms with Crippen molar-refractivity contribution in [3.8, 4) is 11.5 Å². The van der Waals surface area contributed by atoms with Gasteiger partial charge in [0.2, 0.25) is 5.91 Å². The van der Waals surface area contributed by atoms with Crippen LogP contribution < -0.4 is 14.8 Å². The molecule has 0 saturated carbocycles. The first kappa shape index (κ1) is 13.4. The lowest BCUT2D eigenvalue weighted by molar-refractivity contribution is -0.120. The second-order valence-corrected chi connectivity index (χ2v) is 4.58. The molecule has 0 aliphatic carbocycles. The van der Waals surface area contributed by atoms with Crippen LogP contribution in [0.25, 0.3) is 0 Å². The summed E-state index contributed by atoms with van der Waals surface area (Å²) >= 11 is 0. The number of benzene rings is 1. The first-order chi connectivity index (χ1) is 9.02. The third-order valence-corrected chi connectivity index (χ3v) is 2.62. The second kappa shape index (κ2) is 5.27. The van der Waals surface area contributed by atoms with Crippen LogP contribution in [0.1, 0.15) is 13.8 Å². The van der Waals surface area contributed by atoms with E-state index in [2.05, 4.69) is 5.32 Å². The summed E-state index contributed by atoms with van der Waals surface area (Å²) in [4.78, 5) is 21.4. The van der Waals surface area contributed by atoms with E-state index in [1.54, 1.807) is 18.2 Å². The highest BCUT2D eigenvalue weighted by atomic mass is 16.6. The largest absolute Gasteiger partial charge is 0.488 e. The Bertz CT molecular complexity index is 496. The molecule has 1 N–H and O–H groups in total. The first-order valence-corrected chi connectivity index (χ1v) is 5.81. The molecule has 1 heterocycles. The van der Waals surface area contributed by atoms with Crippen molar-refractivity contribution in [1.29, 1.82) is 0 Å². The standard InChI is InChI=1S/C13H15NO5/c1-9(16)14-11-4-3-10(18-8-15)5-12(11)17-6-13(2)7-19-13/h3-5,8H,6-7H2,1-2H3,(H,14,16). The Morgan fingerprint density at radius 1 is 1.58 bits per heavy atom. The van der Waals surface area contributed by atoms with Crippen LogP contribution in [0.3, 0.4) is 0 Å². The van der Waals surface area contributed by atoms with Gasteiger partial charge in [0.25, 0.3) is 6.47 Å². The average Bonchev–Trinajstić information content (AvgIpc) is 3.08. The van der Waals surface area contributed by atoms with Crippen LogP contribution >= 0.6 is 0 Å². The van der Waals surface area contributed by atoms with Crippen LogP contribution in [0.2, 0.25) is 0 Å². The highest BCUT2D eigenvalue weighted by molar-refractivity contribution is 5.90. The minimum atomic E-state index is -0.269. The zero-order chi connectivity index (χ0) is 13.9. The van der Waals surface area contributed by atoms with Crippen LogP contribution in [0.4, 0.5) is 5.69 Å². The van der Waals surface area contributed by atoms with Crippen molar-refractivity contribution >= 4 is 18.1 Å². The molecule has 1 amide bonds. The van der Waals surface area contributed by atoms with E-state index in [0.29, 0.717) is 36.9 Å². The molecule has 1 aliphatic heterocycles. The van der Waals surface area contributed by atoms with E-state index in [1.165, 1.54) is 6.92 Å². The molecule has 1 unspecified atom stereocenters. The molecule has 1 atom stereocenters. The number of anilines is 1. The number of amides is 1. The molecule has 0 bridgehead atoms. The van der Waals surface area contributed by atoms with Gasteiger partial charge in [0.1, 0.15) is 23.7 Å². The molecule has 1 saturated heterocycles. The summed E-state index contributed by atoms with van der Waals surface area (Å²) < 4.78 is 15.6. The van der Waals surface area contributed by atoms with Gasteiger partial charge in [0.15, 0.2) is 0 Å². The predicted molar refractivity (Wildman–Crippen MR) is 67.3 cm³/mol. The molecule has 19 heavy (non-hydrogen) atoms. The summed E-state index contributed by atoms with van der Waals surface area (Å²) in [6.45, 7) is 4.68. The van der Waals surface area contributed by atoms with Gasteiger partial charge < -0.3 is 19.5 Å². The number of epoxide rings is 1. The van der Waals surface area contributed by atoms with Crippen molar-refractivity contribution in [3.63, 3.8) is 0 Å². The van der Waals surface area contributed by atoms with E-state index in [9.17, 15) is 9.59 Å². The van der Waals surface area contributed by atoms with Gasteiger partial charge >= 0.3 is 0 Å². The highest BCUT2D eigenvalue weighted by Gasteiger charge is 2.40. The summed E-state index contributed by atoms with van der Waals surface area (Å²) in [7, 11) is 0. The van der Waals surface area contributed by atoms with E-state index >= 15 is 0 Å². The summed E-state index contributed by atoms with van der Waals surface area (Å²) in [6, 6.07) is 4.74. The van der Waals surface area contributed by atoms with Crippen LogP contribution in [-0.2, 0) is 14.3 Å². The molecule has 0 aromatic heterocycles. The van der Waals surface area contributed by atoms with Gasteiger partial charge in [-0.25, -0.2) is 0 Å². The number of carbonyl (C=O) groups excluding carboxylic acids is 2. The Labute approximate surface area is 110 Å². The molecule has 1 aliphatic rings. The van der Waals surface area contributed by atoms with E-state index in [0.717, 1.165) is 0 Å². The predicted octanol–water partition coefficient (Wildman–Crippen LogP) is 1.35. The first-order valence-electron chi connectivity index (χ1n) is 5.81. The smallest absolute Gasteiger partial charge is 0.298 e. The molecule has 2 rings (SSSR count). The van der Waals surface area contributed by atoms with E-state index < -0.39 is 0 Å². The Hall–Kier alpha value is -2.08. The number of hydrogen-bond acceptors (Lipinski definition) is 5. The number of carbonyl (C=O) groups is 2. The maximum absolute atomic E-state index is 11.1. The Balaban J connectivity index is 2.15. The molecule has 102 valence electrons. The van der Waals surface area contributed by atoms with Crippen LogP contribution in [-0.4, -0.2) is 31.2 Å². The fourth-order valence-electron chi connectivity index (χ4n) is 1.48. The SMILES string of the molecule is CC(=O)Nc1ccc(OC=O)cc1OCC1(C)CO1. The molecule has 1 aromatic rings. The molecule has 0 radical (unpaired) electrons. The maximum Gasteiger partial charge on any atom is 0.298 e. The third kappa shape index (κ3) is 3.69. The molecular formula is C13H15NO5. The van der Waals surface area contributed by atoms with Crippen LogP contribution in [0.15, 0.2) is 18.2 Å². The van der Waals surface area contributed by atoms with E-state index in [4.69, 9.17) is 14.2 Å². The molecule has 1 aromatic carbocycles. The zero-order valence-corrected chi connectivity index (χ0v) is 10.8. The average molecular weight is 265 g/mol. The van der Waals surface area contributed by atoms with Gasteiger partial charge in [-0.2, -0.15) is 0 Å². The van der Waals surface area contributed by atoms with E-state index in [1.807, 2.05) is 6.92 Å². The summed E-state index contributed by atoms with van der Waals surface area (Å²) in [5.74, 6) is 0.579. The monoisotopic (exact) mass is 265 g/mol. The van der Waals surface area contributed by atoms with Gasteiger partial charge in [0.05, 0.1) is 12.3 Å². The lowest BCUT2D eigenvalue weighted by Crippen LogP contribution is -2.18. The summed E-state index contributed by atoms with van der Waals surface area (Å²) in [5.41, 5.74) is 0.254. The van der Waals surface area contributed by atoms with Crippen molar-refractivity contribution in [2.45, 2.75) is 19.4 Å². The van der Waals surface area contributed by atoms with Crippen molar-refractivity contribution in [3.05, 3.63) is 18.2 Å². The van der Waals surface area contributed by atoms with Crippen molar-refractivity contribution in [1.82, 2.24) is 0 Å². The third-order valence-electron chi connectivity index (χ3n) is 2.62. The molecule has 1 fully saturated rings. The number of rotatable bonds is 6. The van der Waals surface area contributed by atoms with Crippen molar-refractivity contribution in [2.24, 2.45) is 0 Å². The van der Waals surface area contributed by atoms with Crippen LogP contribution in [0, 0.1) is 0 Å². The van der Waals surface area contributed by atoms with Gasteiger partial charge in [-0.05, 0) is 19.1 Å². The van der Waals surface area contributed by atoms with Gasteiger partial charge in [-0.15, -0.1) is 0 Å². The van der Waals surface area contributed by atoms with Gasteiger partial charge in [-0.3, -0.25) is 9.59 Å². The summed E-state index contributed by atoms with van der Waals surface area (Å²) in [6.07, 6.45) is 0. The Morgan fingerprint density at radius 3 is 2.89 bits per heavy atom. The topological polar surface area (TPSA) is 77.2 Å².